The van der Waals surface area contributed by atoms with E-state index in [2.05, 4.69) is 54.4 Å². The molecule has 0 saturated heterocycles. The highest BCUT2D eigenvalue weighted by Crippen LogP contribution is 2.40. The van der Waals surface area contributed by atoms with Crippen LogP contribution in [0.1, 0.15) is 35.3 Å². The van der Waals surface area contributed by atoms with E-state index in [-0.39, 0.29) is 10.9 Å². The SMILES string of the molecule is CCCn1c(SC(c2ccccc2)c2ccccc2C)n[nH]c1=O. The van der Waals surface area contributed by atoms with Crippen molar-refractivity contribution < 1.29 is 0 Å². The van der Waals surface area contributed by atoms with Gasteiger partial charge in [-0.25, -0.2) is 9.89 Å². The summed E-state index contributed by atoms with van der Waals surface area (Å²) in [6.45, 7) is 4.85. The Balaban J connectivity index is 2.04. The van der Waals surface area contributed by atoms with Crippen LogP contribution in [0.25, 0.3) is 0 Å². The van der Waals surface area contributed by atoms with Crippen LogP contribution in [0.5, 0.6) is 0 Å². The lowest BCUT2D eigenvalue weighted by atomic mass is 10.0. The van der Waals surface area contributed by atoms with Crippen molar-refractivity contribution >= 4 is 11.8 Å². The summed E-state index contributed by atoms with van der Waals surface area (Å²) in [6.07, 6.45) is 0.896. The molecule has 5 heteroatoms. The number of aromatic amines is 1. The Hall–Kier alpha value is -2.27. The van der Waals surface area contributed by atoms with Gasteiger partial charge in [0.05, 0.1) is 5.25 Å². The lowest BCUT2D eigenvalue weighted by molar-refractivity contribution is 0.603. The smallest absolute Gasteiger partial charge is 0.270 e. The summed E-state index contributed by atoms with van der Waals surface area (Å²) in [5, 5.41) is 7.66. The number of aromatic nitrogens is 3. The van der Waals surface area contributed by atoms with E-state index in [9.17, 15) is 4.79 Å². The molecule has 1 N–H and O–H groups in total. The summed E-state index contributed by atoms with van der Waals surface area (Å²) >= 11 is 1.62. The molecule has 0 fully saturated rings. The highest BCUT2D eigenvalue weighted by molar-refractivity contribution is 7.99. The minimum Gasteiger partial charge on any atom is -0.270 e. The Bertz CT molecular complexity index is 854. The number of hydrogen-bond acceptors (Lipinski definition) is 3. The second-order valence-electron chi connectivity index (χ2n) is 5.73. The third-order valence-electron chi connectivity index (χ3n) is 3.97. The van der Waals surface area contributed by atoms with Gasteiger partial charge in [-0.05, 0) is 30.0 Å². The number of rotatable bonds is 6. The molecular formula is C19H21N3OS. The van der Waals surface area contributed by atoms with Gasteiger partial charge in [0.25, 0.3) is 0 Å². The number of benzene rings is 2. The predicted molar refractivity (Wildman–Crippen MR) is 98.5 cm³/mol. The molecule has 3 rings (SSSR count). The summed E-state index contributed by atoms with van der Waals surface area (Å²) in [4.78, 5) is 12.0. The highest BCUT2D eigenvalue weighted by Gasteiger charge is 2.21. The fourth-order valence-electron chi connectivity index (χ4n) is 2.74. The fraction of sp³-hybridized carbons (Fsp3) is 0.263. The van der Waals surface area contributed by atoms with Gasteiger partial charge >= 0.3 is 5.69 Å². The second kappa shape index (κ2) is 7.53. The van der Waals surface area contributed by atoms with Gasteiger partial charge in [-0.3, -0.25) is 4.57 Å². The average Bonchev–Trinajstić information content (AvgIpc) is 2.95. The maximum Gasteiger partial charge on any atom is 0.343 e. The van der Waals surface area contributed by atoms with Crippen LogP contribution in [0.2, 0.25) is 0 Å². The van der Waals surface area contributed by atoms with Crippen molar-refractivity contribution in [3.8, 4) is 0 Å². The molecule has 0 spiro atoms. The van der Waals surface area contributed by atoms with Crippen molar-refractivity contribution in [3.05, 3.63) is 81.8 Å². The molecule has 124 valence electrons. The van der Waals surface area contributed by atoms with Crippen molar-refractivity contribution in [2.24, 2.45) is 0 Å². The molecule has 0 saturated carbocycles. The molecule has 1 heterocycles. The molecule has 0 aliphatic rings. The van der Waals surface area contributed by atoms with Crippen molar-refractivity contribution in [3.63, 3.8) is 0 Å². The first-order valence-corrected chi connectivity index (χ1v) is 9.01. The van der Waals surface area contributed by atoms with E-state index < -0.39 is 0 Å². The minimum atomic E-state index is -0.143. The zero-order valence-electron chi connectivity index (χ0n) is 13.9. The lowest BCUT2D eigenvalue weighted by Gasteiger charge is -2.19. The van der Waals surface area contributed by atoms with E-state index in [1.54, 1.807) is 16.3 Å². The van der Waals surface area contributed by atoms with Gasteiger partial charge in [0.2, 0.25) is 0 Å². The molecule has 1 aromatic heterocycles. The first kappa shape index (κ1) is 16.6. The number of nitrogens with zero attached hydrogens (tertiary/aromatic N) is 2. The van der Waals surface area contributed by atoms with Gasteiger partial charge in [0, 0.05) is 6.54 Å². The van der Waals surface area contributed by atoms with Crippen molar-refractivity contribution in [2.75, 3.05) is 0 Å². The maximum atomic E-state index is 12.0. The zero-order chi connectivity index (χ0) is 16.9. The quantitative estimate of drug-likeness (QED) is 0.686. The van der Waals surface area contributed by atoms with E-state index in [0.29, 0.717) is 6.54 Å². The van der Waals surface area contributed by atoms with Gasteiger partial charge < -0.3 is 0 Å². The van der Waals surface area contributed by atoms with Crippen LogP contribution in [0.4, 0.5) is 0 Å². The van der Waals surface area contributed by atoms with Gasteiger partial charge in [-0.15, -0.1) is 5.10 Å². The number of thioether (sulfide) groups is 1. The van der Waals surface area contributed by atoms with Crippen LogP contribution in [0.15, 0.2) is 64.5 Å². The molecule has 4 nitrogen and oxygen atoms in total. The van der Waals surface area contributed by atoms with Crippen LogP contribution in [-0.2, 0) is 6.54 Å². The van der Waals surface area contributed by atoms with Crippen LogP contribution >= 0.6 is 11.8 Å². The molecule has 0 amide bonds. The van der Waals surface area contributed by atoms with E-state index in [4.69, 9.17) is 0 Å². The van der Waals surface area contributed by atoms with Crippen LogP contribution in [0.3, 0.4) is 0 Å². The summed E-state index contributed by atoms with van der Waals surface area (Å²) < 4.78 is 1.72. The van der Waals surface area contributed by atoms with E-state index in [0.717, 1.165) is 11.6 Å². The summed E-state index contributed by atoms with van der Waals surface area (Å²) in [7, 11) is 0. The Morgan fingerprint density at radius 1 is 1.12 bits per heavy atom. The Morgan fingerprint density at radius 2 is 1.83 bits per heavy atom. The normalized spacial score (nSPS) is 12.2. The minimum absolute atomic E-state index is 0.0956. The maximum absolute atomic E-state index is 12.0. The van der Waals surface area contributed by atoms with Crippen molar-refractivity contribution in [2.45, 2.75) is 37.2 Å². The zero-order valence-corrected chi connectivity index (χ0v) is 14.7. The molecule has 0 aliphatic carbocycles. The summed E-state index contributed by atoms with van der Waals surface area (Å²) in [5.41, 5.74) is 3.54. The largest absolute Gasteiger partial charge is 0.343 e. The molecule has 3 aromatic rings. The van der Waals surface area contributed by atoms with Crippen molar-refractivity contribution in [1.82, 2.24) is 14.8 Å². The lowest BCUT2D eigenvalue weighted by Crippen LogP contribution is -2.17. The molecule has 0 bridgehead atoms. The van der Waals surface area contributed by atoms with E-state index >= 15 is 0 Å². The van der Waals surface area contributed by atoms with Crippen LogP contribution in [0, 0.1) is 6.92 Å². The first-order chi connectivity index (χ1) is 11.7. The van der Waals surface area contributed by atoms with E-state index in [1.165, 1.54) is 16.7 Å². The molecule has 2 aromatic carbocycles. The summed E-state index contributed by atoms with van der Waals surface area (Å²) in [5.74, 6) is 0. The predicted octanol–water partition coefficient (Wildman–Crippen LogP) is 4.17. The number of nitrogens with one attached hydrogen (secondary N) is 1. The first-order valence-electron chi connectivity index (χ1n) is 8.13. The molecular weight excluding hydrogens is 318 g/mol. The number of aryl methyl sites for hydroxylation is 1. The Morgan fingerprint density at radius 3 is 2.54 bits per heavy atom. The molecule has 0 aliphatic heterocycles. The van der Waals surface area contributed by atoms with Crippen LogP contribution in [-0.4, -0.2) is 14.8 Å². The van der Waals surface area contributed by atoms with Gasteiger partial charge in [-0.1, -0.05) is 73.3 Å². The van der Waals surface area contributed by atoms with Gasteiger partial charge in [-0.2, -0.15) is 0 Å². The number of hydrogen-bond donors (Lipinski definition) is 1. The van der Waals surface area contributed by atoms with Gasteiger partial charge in [0.15, 0.2) is 5.16 Å². The van der Waals surface area contributed by atoms with E-state index in [1.807, 2.05) is 24.3 Å². The topological polar surface area (TPSA) is 50.7 Å². The number of H-pyrrole nitrogens is 1. The average molecular weight is 339 g/mol. The molecule has 1 unspecified atom stereocenters. The second-order valence-corrected chi connectivity index (χ2v) is 6.80. The van der Waals surface area contributed by atoms with Crippen LogP contribution < -0.4 is 5.69 Å². The monoisotopic (exact) mass is 339 g/mol. The standard InChI is InChI=1S/C19H21N3OS/c1-3-13-22-18(23)20-21-19(22)24-17(15-10-5-4-6-11-15)16-12-8-7-9-14(16)2/h4-12,17H,3,13H2,1-2H3,(H,20,23). The van der Waals surface area contributed by atoms with Crippen molar-refractivity contribution in [1.29, 1.82) is 0 Å². The Kier molecular flexibility index (Phi) is 5.20. The molecule has 0 radical (unpaired) electrons. The third kappa shape index (κ3) is 3.46. The Labute approximate surface area is 145 Å². The molecule has 1 atom stereocenters. The third-order valence-corrected chi connectivity index (χ3v) is 5.25. The highest BCUT2D eigenvalue weighted by atomic mass is 32.2. The fourth-order valence-corrected chi connectivity index (χ4v) is 4.03. The van der Waals surface area contributed by atoms with Gasteiger partial charge in [0.1, 0.15) is 0 Å². The molecule has 24 heavy (non-hydrogen) atoms. The summed E-state index contributed by atoms with van der Waals surface area (Å²) in [6, 6.07) is 18.7.